The fourth-order valence-electron chi connectivity index (χ4n) is 1.32. The zero-order valence-corrected chi connectivity index (χ0v) is 6.75. The molecule has 1 aliphatic heterocycles. The maximum atomic E-state index is 7.61. The van der Waals surface area contributed by atoms with Crippen molar-refractivity contribution in [1.29, 1.82) is 5.41 Å². The third-order valence-electron chi connectivity index (χ3n) is 1.92. The lowest BCUT2D eigenvalue weighted by atomic mass is 10.3. The molecule has 12 heavy (non-hydrogen) atoms. The number of amidine groups is 1. The molecule has 1 heterocycles. The fraction of sp³-hybridized carbons (Fsp3) is 0.222. The van der Waals surface area contributed by atoms with Crippen LogP contribution in [0.1, 0.15) is 6.42 Å². The number of para-hydroxylation sites is 1. The zero-order chi connectivity index (χ0) is 8.39. The summed E-state index contributed by atoms with van der Waals surface area (Å²) in [5.41, 5.74) is 4.17. The van der Waals surface area contributed by atoms with Crippen molar-refractivity contribution in [2.75, 3.05) is 11.6 Å². The Morgan fingerprint density at radius 1 is 1.25 bits per heavy atom. The maximum Gasteiger partial charge on any atom is 0.116 e. The second-order valence-electron chi connectivity index (χ2n) is 2.78. The first-order valence-electron chi connectivity index (χ1n) is 4.04. The number of nitrogens with zero attached hydrogens (tertiary/aromatic N) is 1. The van der Waals surface area contributed by atoms with E-state index in [2.05, 4.69) is 5.43 Å². The van der Waals surface area contributed by atoms with Crippen LogP contribution >= 0.6 is 0 Å². The van der Waals surface area contributed by atoms with Crippen molar-refractivity contribution in [2.24, 2.45) is 0 Å². The Kier molecular flexibility index (Phi) is 1.80. The molecule has 0 atom stereocenters. The normalized spacial score (nSPS) is 17.0. The minimum absolute atomic E-state index is 0.640. The van der Waals surface area contributed by atoms with E-state index in [1.54, 1.807) is 0 Å². The molecule has 0 bridgehead atoms. The van der Waals surface area contributed by atoms with Crippen molar-refractivity contribution in [3.63, 3.8) is 0 Å². The highest BCUT2D eigenvalue weighted by Crippen LogP contribution is 2.14. The first-order valence-corrected chi connectivity index (χ1v) is 4.04. The maximum absolute atomic E-state index is 7.61. The van der Waals surface area contributed by atoms with Crippen LogP contribution < -0.4 is 10.4 Å². The number of hydrazine groups is 1. The number of nitrogens with one attached hydrogen (secondary N) is 2. The monoisotopic (exact) mass is 161 g/mol. The SMILES string of the molecule is N=C1CCNN1c1ccccc1. The number of benzene rings is 1. The van der Waals surface area contributed by atoms with Crippen molar-refractivity contribution >= 4 is 11.5 Å². The van der Waals surface area contributed by atoms with E-state index in [1.165, 1.54) is 0 Å². The number of hydrogen-bond acceptors (Lipinski definition) is 2. The third kappa shape index (κ3) is 1.19. The van der Waals surface area contributed by atoms with Gasteiger partial charge in [-0.15, -0.1) is 0 Å². The minimum atomic E-state index is 0.640. The predicted octanol–water partition coefficient (Wildman–Crippen LogP) is 1.38. The molecule has 0 radical (unpaired) electrons. The summed E-state index contributed by atoms with van der Waals surface area (Å²) in [6.45, 7) is 0.869. The summed E-state index contributed by atoms with van der Waals surface area (Å²) in [5, 5.41) is 9.43. The van der Waals surface area contributed by atoms with Crippen LogP contribution in [0.15, 0.2) is 30.3 Å². The van der Waals surface area contributed by atoms with Crippen molar-refractivity contribution in [3.05, 3.63) is 30.3 Å². The van der Waals surface area contributed by atoms with Crippen molar-refractivity contribution < 1.29 is 0 Å². The van der Waals surface area contributed by atoms with Crippen LogP contribution in [-0.2, 0) is 0 Å². The molecule has 0 saturated carbocycles. The van der Waals surface area contributed by atoms with Gasteiger partial charge in [0, 0.05) is 13.0 Å². The van der Waals surface area contributed by atoms with Gasteiger partial charge < -0.3 is 0 Å². The van der Waals surface area contributed by atoms with Gasteiger partial charge in [-0.3, -0.25) is 10.4 Å². The molecule has 2 rings (SSSR count). The zero-order valence-electron chi connectivity index (χ0n) is 6.75. The highest BCUT2D eigenvalue weighted by molar-refractivity contribution is 5.96. The van der Waals surface area contributed by atoms with E-state index in [-0.39, 0.29) is 0 Å². The van der Waals surface area contributed by atoms with Crippen molar-refractivity contribution in [3.8, 4) is 0 Å². The molecule has 0 aliphatic carbocycles. The standard InChI is InChI=1S/C9H11N3/c10-9-6-7-11-12(9)8-4-2-1-3-5-8/h1-5,10-11H,6-7H2. The van der Waals surface area contributed by atoms with Gasteiger partial charge in [0.05, 0.1) is 5.69 Å². The van der Waals surface area contributed by atoms with Gasteiger partial charge in [-0.2, -0.15) is 0 Å². The summed E-state index contributed by atoms with van der Waals surface area (Å²) in [4.78, 5) is 0. The molecule has 0 unspecified atom stereocenters. The summed E-state index contributed by atoms with van der Waals surface area (Å²) in [6.07, 6.45) is 0.814. The topological polar surface area (TPSA) is 39.1 Å². The van der Waals surface area contributed by atoms with E-state index >= 15 is 0 Å². The van der Waals surface area contributed by atoms with Crippen LogP contribution in [0.4, 0.5) is 5.69 Å². The van der Waals surface area contributed by atoms with E-state index in [9.17, 15) is 0 Å². The number of anilines is 1. The van der Waals surface area contributed by atoms with Crippen LogP contribution in [0.5, 0.6) is 0 Å². The van der Waals surface area contributed by atoms with Crippen molar-refractivity contribution in [2.45, 2.75) is 6.42 Å². The summed E-state index contributed by atoms with van der Waals surface area (Å²) in [5.74, 6) is 0.640. The average Bonchev–Trinajstić information content (AvgIpc) is 2.53. The van der Waals surface area contributed by atoms with Crippen LogP contribution in [0, 0.1) is 5.41 Å². The van der Waals surface area contributed by atoms with Crippen LogP contribution in [0.25, 0.3) is 0 Å². The van der Waals surface area contributed by atoms with E-state index < -0.39 is 0 Å². The Labute approximate surface area is 71.5 Å². The Morgan fingerprint density at radius 2 is 2.00 bits per heavy atom. The molecular weight excluding hydrogens is 150 g/mol. The number of rotatable bonds is 1. The van der Waals surface area contributed by atoms with Gasteiger partial charge in [-0.05, 0) is 12.1 Å². The molecule has 1 aromatic rings. The van der Waals surface area contributed by atoms with E-state index in [4.69, 9.17) is 5.41 Å². The molecule has 3 heteroatoms. The lowest BCUT2D eigenvalue weighted by molar-refractivity contribution is 0.809. The third-order valence-corrected chi connectivity index (χ3v) is 1.92. The smallest absolute Gasteiger partial charge is 0.116 e. The molecule has 2 N–H and O–H groups in total. The van der Waals surface area contributed by atoms with E-state index in [0.717, 1.165) is 18.7 Å². The average molecular weight is 161 g/mol. The lowest BCUT2D eigenvalue weighted by Crippen LogP contribution is -2.33. The second kappa shape index (κ2) is 2.95. The lowest BCUT2D eigenvalue weighted by Gasteiger charge is -2.17. The summed E-state index contributed by atoms with van der Waals surface area (Å²) in [7, 11) is 0. The largest absolute Gasteiger partial charge is 0.287 e. The highest BCUT2D eigenvalue weighted by atomic mass is 15.5. The van der Waals surface area contributed by atoms with Gasteiger partial charge in [0.2, 0.25) is 0 Å². The molecule has 1 aliphatic rings. The summed E-state index contributed by atoms with van der Waals surface area (Å²) >= 11 is 0. The van der Waals surface area contributed by atoms with E-state index in [0.29, 0.717) is 5.84 Å². The molecule has 0 amide bonds. The Morgan fingerprint density at radius 3 is 2.58 bits per heavy atom. The quantitative estimate of drug-likeness (QED) is 0.653. The van der Waals surface area contributed by atoms with Gasteiger partial charge in [0.1, 0.15) is 5.84 Å². The second-order valence-corrected chi connectivity index (χ2v) is 2.78. The highest BCUT2D eigenvalue weighted by Gasteiger charge is 2.16. The molecule has 0 spiro atoms. The summed E-state index contributed by atoms with van der Waals surface area (Å²) < 4.78 is 0. The van der Waals surface area contributed by atoms with Gasteiger partial charge >= 0.3 is 0 Å². The molecule has 62 valence electrons. The van der Waals surface area contributed by atoms with Crippen LogP contribution in [0.2, 0.25) is 0 Å². The molecule has 1 saturated heterocycles. The molecular formula is C9H11N3. The van der Waals surface area contributed by atoms with Gasteiger partial charge in [-0.1, -0.05) is 18.2 Å². The Hall–Kier alpha value is -1.35. The first-order chi connectivity index (χ1) is 5.88. The molecule has 3 nitrogen and oxygen atoms in total. The van der Waals surface area contributed by atoms with Crippen molar-refractivity contribution in [1.82, 2.24) is 5.43 Å². The Bertz CT molecular complexity index is 281. The van der Waals surface area contributed by atoms with Gasteiger partial charge in [-0.25, -0.2) is 5.43 Å². The number of hydrogen-bond donors (Lipinski definition) is 2. The van der Waals surface area contributed by atoms with Gasteiger partial charge in [0.25, 0.3) is 0 Å². The van der Waals surface area contributed by atoms with Gasteiger partial charge in [0.15, 0.2) is 0 Å². The fourth-order valence-corrected chi connectivity index (χ4v) is 1.32. The molecule has 0 aromatic heterocycles. The first kappa shape index (κ1) is 7.31. The van der Waals surface area contributed by atoms with E-state index in [1.807, 2.05) is 35.3 Å². The molecule has 1 fully saturated rings. The minimum Gasteiger partial charge on any atom is -0.287 e. The molecule has 1 aromatic carbocycles. The van der Waals surface area contributed by atoms with Crippen LogP contribution in [-0.4, -0.2) is 12.4 Å². The Balaban J connectivity index is 2.25. The predicted molar refractivity (Wildman–Crippen MR) is 49.3 cm³/mol. The van der Waals surface area contributed by atoms with Crippen LogP contribution in [0.3, 0.4) is 0 Å². The summed E-state index contributed by atoms with van der Waals surface area (Å²) in [6, 6.07) is 9.91.